The number of rotatable bonds is 6. The summed E-state index contributed by atoms with van der Waals surface area (Å²) in [6.45, 7) is 0.181. The van der Waals surface area contributed by atoms with E-state index in [1.165, 1.54) is 14.2 Å². The number of nitrogens with zero attached hydrogens (tertiary/aromatic N) is 4. The van der Waals surface area contributed by atoms with Gasteiger partial charge >= 0.3 is 0 Å². The monoisotopic (exact) mass is 339 g/mol. The summed E-state index contributed by atoms with van der Waals surface area (Å²) in [6.07, 6.45) is 0. The summed E-state index contributed by atoms with van der Waals surface area (Å²) in [5.74, 6) is 1.33. The molecule has 0 saturated heterocycles. The number of carbonyl (C=O) groups is 1. The Morgan fingerprint density at radius 2 is 1.76 bits per heavy atom. The molecule has 0 radical (unpaired) electrons. The van der Waals surface area contributed by atoms with Crippen LogP contribution in [0.3, 0.4) is 0 Å². The Morgan fingerprint density at radius 3 is 2.40 bits per heavy atom. The minimum Gasteiger partial charge on any atom is -0.497 e. The summed E-state index contributed by atoms with van der Waals surface area (Å²) in [4.78, 5) is 12.4. The molecule has 2 aromatic carbocycles. The molecule has 0 unspecified atom stereocenters. The number of benzene rings is 2. The van der Waals surface area contributed by atoms with Crippen LogP contribution in [-0.4, -0.2) is 40.3 Å². The van der Waals surface area contributed by atoms with Crippen LogP contribution in [0.25, 0.3) is 5.69 Å². The number of methoxy groups -OCH3 is 2. The van der Waals surface area contributed by atoms with Crippen LogP contribution in [0, 0.1) is 0 Å². The lowest BCUT2D eigenvalue weighted by molar-refractivity contribution is 0.0949. The SMILES string of the molecule is COc1cc(OC)cc(C(=O)NCc2nnnn2-c2ccccc2)c1. The lowest BCUT2D eigenvalue weighted by Crippen LogP contribution is -2.24. The number of amides is 1. The normalized spacial score (nSPS) is 10.3. The third-order valence-electron chi connectivity index (χ3n) is 3.56. The van der Waals surface area contributed by atoms with Gasteiger partial charge in [-0.1, -0.05) is 18.2 Å². The molecule has 1 N–H and O–H groups in total. The molecular formula is C17H17N5O3. The maximum atomic E-state index is 12.4. The van der Waals surface area contributed by atoms with E-state index in [1.54, 1.807) is 22.9 Å². The van der Waals surface area contributed by atoms with E-state index in [9.17, 15) is 4.79 Å². The molecule has 1 aromatic heterocycles. The molecule has 0 fully saturated rings. The Bertz CT molecular complexity index is 841. The first-order chi connectivity index (χ1) is 12.2. The average molecular weight is 339 g/mol. The molecule has 1 amide bonds. The van der Waals surface area contributed by atoms with Gasteiger partial charge in [0.2, 0.25) is 0 Å². The minimum atomic E-state index is -0.278. The predicted molar refractivity (Wildman–Crippen MR) is 89.9 cm³/mol. The first-order valence-corrected chi connectivity index (χ1v) is 7.55. The van der Waals surface area contributed by atoms with E-state index in [4.69, 9.17) is 9.47 Å². The Balaban J connectivity index is 1.75. The van der Waals surface area contributed by atoms with Crippen molar-refractivity contribution in [3.05, 3.63) is 59.9 Å². The highest BCUT2D eigenvalue weighted by Gasteiger charge is 2.13. The number of para-hydroxylation sites is 1. The van der Waals surface area contributed by atoms with E-state index < -0.39 is 0 Å². The summed E-state index contributed by atoms with van der Waals surface area (Å²) in [5.41, 5.74) is 1.25. The first kappa shape index (κ1) is 16.4. The molecule has 0 aliphatic heterocycles. The topological polar surface area (TPSA) is 91.2 Å². The second-order valence-corrected chi connectivity index (χ2v) is 5.13. The molecule has 128 valence electrons. The van der Waals surface area contributed by atoms with Crippen molar-refractivity contribution >= 4 is 5.91 Å². The van der Waals surface area contributed by atoms with Crippen molar-refractivity contribution < 1.29 is 14.3 Å². The Hall–Kier alpha value is -3.42. The zero-order valence-corrected chi connectivity index (χ0v) is 13.8. The van der Waals surface area contributed by atoms with Crippen LogP contribution >= 0.6 is 0 Å². The quantitative estimate of drug-likeness (QED) is 0.734. The highest BCUT2D eigenvalue weighted by molar-refractivity contribution is 5.95. The molecule has 25 heavy (non-hydrogen) atoms. The fraction of sp³-hybridized carbons (Fsp3) is 0.176. The number of tetrazole rings is 1. The summed E-state index contributed by atoms with van der Waals surface area (Å²) in [7, 11) is 3.06. The van der Waals surface area contributed by atoms with Crippen molar-refractivity contribution in [2.75, 3.05) is 14.2 Å². The predicted octanol–water partition coefficient (Wildman–Crippen LogP) is 1.61. The van der Waals surface area contributed by atoms with E-state index in [1.807, 2.05) is 30.3 Å². The zero-order valence-electron chi connectivity index (χ0n) is 13.8. The molecule has 3 aromatic rings. The summed E-state index contributed by atoms with van der Waals surface area (Å²) in [5, 5.41) is 14.4. The summed E-state index contributed by atoms with van der Waals surface area (Å²) < 4.78 is 11.9. The molecule has 3 rings (SSSR count). The van der Waals surface area contributed by atoms with Gasteiger partial charge < -0.3 is 14.8 Å². The van der Waals surface area contributed by atoms with Crippen molar-refractivity contribution in [2.24, 2.45) is 0 Å². The van der Waals surface area contributed by atoms with Gasteiger partial charge in [0.05, 0.1) is 26.5 Å². The fourth-order valence-corrected chi connectivity index (χ4v) is 2.29. The zero-order chi connectivity index (χ0) is 17.6. The van der Waals surface area contributed by atoms with Gasteiger partial charge in [-0.3, -0.25) is 4.79 Å². The van der Waals surface area contributed by atoms with E-state index >= 15 is 0 Å². The Labute approximate surface area is 144 Å². The highest BCUT2D eigenvalue weighted by atomic mass is 16.5. The third kappa shape index (κ3) is 3.74. The molecule has 8 heteroatoms. The van der Waals surface area contributed by atoms with E-state index in [-0.39, 0.29) is 12.5 Å². The van der Waals surface area contributed by atoms with Gasteiger partial charge in [0, 0.05) is 11.6 Å². The van der Waals surface area contributed by atoms with Crippen molar-refractivity contribution in [3.8, 4) is 17.2 Å². The number of nitrogens with one attached hydrogen (secondary N) is 1. The van der Waals surface area contributed by atoms with Crippen LogP contribution in [0.1, 0.15) is 16.2 Å². The molecule has 0 saturated carbocycles. The van der Waals surface area contributed by atoms with Gasteiger partial charge in [-0.15, -0.1) is 5.10 Å². The molecule has 0 aliphatic carbocycles. The minimum absolute atomic E-state index is 0.181. The largest absolute Gasteiger partial charge is 0.497 e. The third-order valence-corrected chi connectivity index (χ3v) is 3.56. The van der Waals surface area contributed by atoms with Crippen LogP contribution in [0.5, 0.6) is 11.5 Å². The standard InChI is InChI=1S/C17H17N5O3/c1-24-14-8-12(9-15(10-14)25-2)17(23)18-11-16-19-20-21-22(16)13-6-4-3-5-7-13/h3-10H,11H2,1-2H3,(H,18,23). The number of ether oxygens (including phenoxy) is 2. The highest BCUT2D eigenvalue weighted by Crippen LogP contribution is 2.22. The lowest BCUT2D eigenvalue weighted by Gasteiger charge is -2.09. The Morgan fingerprint density at radius 1 is 1.08 bits per heavy atom. The van der Waals surface area contributed by atoms with Gasteiger partial charge in [0.15, 0.2) is 5.82 Å². The van der Waals surface area contributed by atoms with Gasteiger partial charge in [0.25, 0.3) is 5.91 Å². The number of hydrogen-bond donors (Lipinski definition) is 1. The van der Waals surface area contributed by atoms with Gasteiger partial charge in [-0.25, -0.2) is 0 Å². The molecule has 8 nitrogen and oxygen atoms in total. The first-order valence-electron chi connectivity index (χ1n) is 7.55. The van der Waals surface area contributed by atoms with Crippen LogP contribution in [-0.2, 0) is 6.54 Å². The van der Waals surface area contributed by atoms with Crippen molar-refractivity contribution in [3.63, 3.8) is 0 Å². The number of hydrogen-bond acceptors (Lipinski definition) is 6. The van der Waals surface area contributed by atoms with Gasteiger partial charge in [-0.2, -0.15) is 4.68 Å². The fourth-order valence-electron chi connectivity index (χ4n) is 2.29. The van der Waals surface area contributed by atoms with E-state index in [0.29, 0.717) is 22.9 Å². The van der Waals surface area contributed by atoms with Gasteiger partial charge in [0.1, 0.15) is 11.5 Å². The average Bonchev–Trinajstić information content (AvgIpc) is 3.14. The van der Waals surface area contributed by atoms with Crippen molar-refractivity contribution in [1.82, 2.24) is 25.5 Å². The second kappa shape index (κ2) is 7.43. The maximum absolute atomic E-state index is 12.4. The number of carbonyl (C=O) groups excluding carboxylic acids is 1. The van der Waals surface area contributed by atoms with Crippen molar-refractivity contribution in [2.45, 2.75) is 6.54 Å². The van der Waals surface area contributed by atoms with Crippen LogP contribution in [0.2, 0.25) is 0 Å². The van der Waals surface area contributed by atoms with E-state index in [0.717, 1.165) is 5.69 Å². The van der Waals surface area contributed by atoms with Crippen LogP contribution < -0.4 is 14.8 Å². The van der Waals surface area contributed by atoms with Crippen LogP contribution in [0.4, 0.5) is 0 Å². The molecular weight excluding hydrogens is 322 g/mol. The van der Waals surface area contributed by atoms with Crippen LogP contribution in [0.15, 0.2) is 48.5 Å². The second-order valence-electron chi connectivity index (χ2n) is 5.13. The summed E-state index contributed by atoms with van der Waals surface area (Å²) >= 11 is 0. The molecule has 0 spiro atoms. The molecule has 1 heterocycles. The number of aromatic nitrogens is 4. The summed E-state index contributed by atoms with van der Waals surface area (Å²) in [6, 6.07) is 14.4. The van der Waals surface area contributed by atoms with Crippen molar-refractivity contribution in [1.29, 1.82) is 0 Å². The maximum Gasteiger partial charge on any atom is 0.251 e. The van der Waals surface area contributed by atoms with E-state index in [2.05, 4.69) is 20.8 Å². The van der Waals surface area contributed by atoms with Gasteiger partial charge in [-0.05, 0) is 34.7 Å². The smallest absolute Gasteiger partial charge is 0.251 e. The molecule has 0 atom stereocenters. The Kier molecular flexibility index (Phi) is 4.89. The molecule has 0 aliphatic rings. The lowest BCUT2D eigenvalue weighted by atomic mass is 10.2. The molecule has 0 bridgehead atoms.